The third-order valence-electron chi connectivity index (χ3n) is 5.19. The number of benzene rings is 2. The molecule has 0 spiro atoms. The Hall–Kier alpha value is -2.99. The van der Waals surface area contributed by atoms with Crippen LogP contribution in [0.3, 0.4) is 0 Å². The van der Waals surface area contributed by atoms with Crippen LogP contribution in [0.4, 0.5) is 5.82 Å². The van der Waals surface area contributed by atoms with Crippen molar-refractivity contribution in [3.63, 3.8) is 0 Å². The number of hydrogen-bond donors (Lipinski definition) is 1. The maximum atomic E-state index is 5.46. The van der Waals surface area contributed by atoms with Gasteiger partial charge in [0.25, 0.3) is 5.78 Å². The Kier molecular flexibility index (Phi) is 4.18. The Morgan fingerprint density at radius 1 is 0.963 bits per heavy atom. The zero-order valence-electron chi connectivity index (χ0n) is 15.0. The summed E-state index contributed by atoms with van der Waals surface area (Å²) in [6.07, 6.45) is 2.19. The average molecular weight is 359 g/mol. The van der Waals surface area contributed by atoms with Gasteiger partial charge in [-0.05, 0) is 30.9 Å². The van der Waals surface area contributed by atoms with E-state index in [1.54, 1.807) is 0 Å². The van der Waals surface area contributed by atoms with Crippen LogP contribution in [-0.4, -0.2) is 39.3 Å². The zero-order chi connectivity index (χ0) is 18.1. The third-order valence-corrected chi connectivity index (χ3v) is 5.19. The highest BCUT2D eigenvalue weighted by atomic mass is 16.5. The number of fused-ring (bicyclic) bond motifs is 3. The van der Waals surface area contributed by atoms with Crippen molar-refractivity contribution in [2.75, 3.05) is 25.1 Å². The molecule has 0 aliphatic carbocycles. The molecule has 0 atom stereocenters. The normalized spacial score (nSPS) is 15.4. The van der Waals surface area contributed by atoms with E-state index in [0.717, 1.165) is 60.7 Å². The topological polar surface area (TPSA) is 64.3 Å². The van der Waals surface area contributed by atoms with Gasteiger partial charge < -0.3 is 10.1 Å². The van der Waals surface area contributed by atoms with Crippen molar-refractivity contribution < 1.29 is 4.74 Å². The van der Waals surface area contributed by atoms with Gasteiger partial charge in [-0.2, -0.15) is 4.98 Å². The molecule has 5 rings (SSSR count). The molecule has 0 saturated carbocycles. The lowest BCUT2D eigenvalue weighted by atomic mass is 10.0. The lowest BCUT2D eigenvalue weighted by Gasteiger charge is -2.22. The Labute approximate surface area is 157 Å². The number of aromatic nitrogens is 4. The Balaban J connectivity index is 1.59. The molecule has 2 aromatic carbocycles. The second-order valence-electron chi connectivity index (χ2n) is 6.94. The Morgan fingerprint density at radius 3 is 2.59 bits per heavy atom. The number of rotatable bonds is 4. The van der Waals surface area contributed by atoms with Crippen LogP contribution >= 0.6 is 0 Å². The molecule has 0 bridgehead atoms. The number of hydrogen-bond acceptors (Lipinski definition) is 5. The molecule has 0 amide bonds. The van der Waals surface area contributed by atoms with Crippen LogP contribution in [-0.2, 0) is 4.74 Å². The predicted molar refractivity (Wildman–Crippen MR) is 106 cm³/mol. The molecule has 3 heterocycles. The van der Waals surface area contributed by atoms with E-state index in [9.17, 15) is 0 Å². The fourth-order valence-corrected chi connectivity index (χ4v) is 3.70. The van der Waals surface area contributed by atoms with Gasteiger partial charge in [-0.15, -0.1) is 10.2 Å². The third kappa shape index (κ3) is 3.02. The van der Waals surface area contributed by atoms with Gasteiger partial charge in [0.2, 0.25) is 0 Å². The molecule has 1 aliphatic heterocycles. The van der Waals surface area contributed by atoms with Gasteiger partial charge >= 0.3 is 0 Å². The lowest BCUT2D eigenvalue weighted by molar-refractivity contribution is 0.0699. The molecule has 27 heavy (non-hydrogen) atoms. The minimum absolute atomic E-state index is 0.613. The molecule has 2 aromatic heterocycles. The van der Waals surface area contributed by atoms with E-state index in [1.165, 1.54) is 0 Å². The summed E-state index contributed by atoms with van der Waals surface area (Å²) in [7, 11) is 0. The first-order valence-electron chi connectivity index (χ1n) is 9.41. The average Bonchev–Trinajstić information content (AvgIpc) is 3.17. The highest BCUT2D eigenvalue weighted by Gasteiger charge is 2.17. The van der Waals surface area contributed by atoms with Gasteiger partial charge in [-0.1, -0.05) is 42.5 Å². The van der Waals surface area contributed by atoms with Gasteiger partial charge in [-0.25, -0.2) is 0 Å². The quantitative estimate of drug-likeness (QED) is 0.601. The molecule has 6 heteroatoms. The number of anilines is 1. The van der Waals surface area contributed by atoms with E-state index < -0.39 is 0 Å². The minimum atomic E-state index is 0.613. The smallest absolute Gasteiger partial charge is 0.257 e. The summed E-state index contributed by atoms with van der Waals surface area (Å²) >= 11 is 0. The summed E-state index contributed by atoms with van der Waals surface area (Å²) in [6, 6.07) is 18.4. The van der Waals surface area contributed by atoms with Gasteiger partial charge in [0.1, 0.15) is 5.82 Å². The SMILES string of the molecule is c1ccc(-c2nnc3nc(NCC4CCOCC4)c4ccccc4n23)cc1. The van der Waals surface area contributed by atoms with Gasteiger partial charge in [0, 0.05) is 30.7 Å². The van der Waals surface area contributed by atoms with Crippen LogP contribution < -0.4 is 5.32 Å². The molecular formula is C21H21N5O. The van der Waals surface area contributed by atoms with Crippen LogP contribution in [0, 0.1) is 5.92 Å². The van der Waals surface area contributed by atoms with Gasteiger partial charge in [-0.3, -0.25) is 4.40 Å². The van der Waals surface area contributed by atoms with Crippen molar-refractivity contribution in [2.24, 2.45) is 5.92 Å². The Bertz CT molecular complexity index is 1070. The molecule has 1 saturated heterocycles. The van der Waals surface area contributed by atoms with E-state index in [4.69, 9.17) is 9.72 Å². The predicted octanol–water partition coefficient (Wildman–Crippen LogP) is 3.78. The molecule has 136 valence electrons. The molecule has 1 N–H and O–H groups in total. The molecule has 0 radical (unpaired) electrons. The fourth-order valence-electron chi connectivity index (χ4n) is 3.70. The van der Waals surface area contributed by atoms with E-state index in [0.29, 0.717) is 11.7 Å². The van der Waals surface area contributed by atoms with Gasteiger partial charge in [0.05, 0.1) is 5.52 Å². The molecule has 1 fully saturated rings. The van der Waals surface area contributed by atoms with Crippen LogP contribution in [0.5, 0.6) is 0 Å². The van der Waals surface area contributed by atoms with E-state index in [-0.39, 0.29) is 0 Å². The van der Waals surface area contributed by atoms with Crippen LogP contribution in [0.15, 0.2) is 54.6 Å². The first-order valence-corrected chi connectivity index (χ1v) is 9.41. The van der Waals surface area contributed by atoms with Gasteiger partial charge in [0.15, 0.2) is 5.82 Å². The van der Waals surface area contributed by atoms with Crippen molar-refractivity contribution in [1.29, 1.82) is 0 Å². The Morgan fingerprint density at radius 2 is 1.74 bits per heavy atom. The number of ether oxygens (including phenoxy) is 1. The molecule has 1 aliphatic rings. The van der Waals surface area contributed by atoms with E-state index >= 15 is 0 Å². The summed E-state index contributed by atoms with van der Waals surface area (Å²) in [4.78, 5) is 4.78. The highest BCUT2D eigenvalue weighted by Crippen LogP contribution is 2.27. The lowest BCUT2D eigenvalue weighted by Crippen LogP contribution is -2.23. The molecular weight excluding hydrogens is 338 g/mol. The second kappa shape index (κ2) is 6.96. The number of nitrogens with zero attached hydrogens (tertiary/aromatic N) is 4. The summed E-state index contributed by atoms with van der Waals surface area (Å²) in [5.41, 5.74) is 2.08. The van der Waals surface area contributed by atoms with E-state index in [1.807, 2.05) is 46.9 Å². The monoisotopic (exact) mass is 359 g/mol. The van der Waals surface area contributed by atoms with Crippen molar-refractivity contribution in [3.05, 3.63) is 54.6 Å². The molecule has 0 unspecified atom stereocenters. The van der Waals surface area contributed by atoms with E-state index in [2.05, 4.69) is 27.6 Å². The zero-order valence-corrected chi connectivity index (χ0v) is 15.0. The van der Waals surface area contributed by atoms with Crippen LogP contribution in [0.2, 0.25) is 0 Å². The maximum absolute atomic E-state index is 5.46. The minimum Gasteiger partial charge on any atom is -0.381 e. The van der Waals surface area contributed by atoms with Crippen LogP contribution in [0.1, 0.15) is 12.8 Å². The van der Waals surface area contributed by atoms with Crippen molar-refractivity contribution in [3.8, 4) is 11.4 Å². The van der Waals surface area contributed by atoms with Crippen molar-refractivity contribution in [2.45, 2.75) is 12.8 Å². The highest BCUT2D eigenvalue weighted by molar-refractivity contribution is 5.92. The van der Waals surface area contributed by atoms with Crippen molar-refractivity contribution in [1.82, 2.24) is 19.6 Å². The number of nitrogens with one attached hydrogen (secondary N) is 1. The van der Waals surface area contributed by atoms with Crippen molar-refractivity contribution >= 4 is 22.5 Å². The standard InChI is InChI=1S/C21H21N5O/c1-2-6-16(7-3-1)20-24-25-21-23-19(22-14-15-10-12-27-13-11-15)17-8-4-5-9-18(17)26(20)21/h1-9,15H,10-14H2,(H,22,23,25). The molecule has 4 aromatic rings. The van der Waals surface area contributed by atoms with Crippen LogP contribution in [0.25, 0.3) is 28.1 Å². The molecule has 6 nitrogen and oxygen atoms in total. The second-order valence-corrected chi connectivity index (χ2v) is 6.94. The summed E-state index contributed by atoms with van der Waals surface area (Å²) in [6.45, 7) is 2.60. The number of para-hydroxylation sites is 1. The first-order chi connectivity index (χ1) is 13.4. The first kappa shape index (κ1) is 16.2. The summed E-state index contributed by atoms with van der Waals surface area (Å²) in [5.74, 6) is 2.91. The maximum Gasteiger partial charge on any atom is 0.257 e. The fraction of sp³-hybridized carbons (Fsp3) is 0.286. The largest absolute Gasteiger partial charge is 0.381 e. The summed E-state index contributed by atoms with van der Waals surface area (Å²) < 4.78 is 7.49. The summed E-state index contributed by atoms with van der Waals surface area (Å²) in [5, 5.41) is 13.4.